The summed E-state index contributed by atoms with van der Waals surface area (Å²) in [6.45, 7) is 3.13. The van der Waals surface area contributed by atoms with Gasteiger partial charge in [-0.25, -0.2) is 4.98 Å². The molecule has 4 aromatic rings. The Hall–Kier alpha value is -3.45. The lowest BCUT2D eigenvalue weighted by Gasteiger charge is -2.10. The van der Waals surface area contributed by atoms with Gasteiger partial charge in [0.25, 0.3) is 5.91 Å². The van der Waals surface area contributed by atoms with Crippen LogP contribution in [0.25, 0.3) is 11.0 Å². The van der Waals surface area contributed by atoms with Crippen molar-refractivity contribution in [2.24, 2.45) is 0 Å². The number of benzene rings is 2. The van der Waals surface area contributed by atoms with Gasteiger partial charge < -0.3 is 15.2 Å². The van der Waals surface area contributed by atoms with Crippen LogP contribution < -0.4 is 10.6 Å². The van der Waals surface area contributed by atoms with E-state index in [9.17, 15) is 9.59 Å². The minimum atomic E-state index is -0.114. The topological polar surface area (TPSA) is 76.0 Å². The van der Waals surface area contributed by atoms with E-state index in [2.05, 4.69) is 10.6 Å². The molecule has 0 saturated heterocycles. The average Bonchev–Trinajstić information content (AvgIpc) is 3.41. The minimum Gasteiger partial charge on any atom is -0.352 e. The smallest absolute Gasteiger partial charge is 0.251 e. The van der Waals surface area contributed by atoms with Gasteiger partial charge in [-0.2, -0.15) is 0 Å². The van der Waals surface area contributed by atoms with E-state index in [1.54, 1.807) is 11.3 Å². The molecule has 2 aromatic carbocycles. The molecular formula is C24H24N4O2S. The fraction of sp³-hybridized carbons (Fsp3) is 0.208. The maximum absolute atomic E-state index is 12.6. The normalized spacial score (nSPS) is 10.9. The Bertz CT molecular complexity index is 1180. The Morgan fingerprint density at radius 2 is 1.81 bits per heavy atom. The monoisotopic (exact) mass is 432 g/mol. The van der Waals surface area contributed by atoms with Crippen LogP contribution in [0.1, 0.15) is 26.6 Å². The standard InChI is InChI=1S/C24H24N4O2S/c1-17-8-10-18(11-9-17)24(30)25-13-12-22-27-20-6-2-3-7-21(20)28(22)16-23(29)26-15-19-5-4-14-31-19/h2-11,14H,12-13,15-16H2,1H3,(H,25,30)(H,26,29). The molecule has 0 radical (unpaired) electrons. The van der Waals surface area contributed by atoms with Gasteiger partial charge in [0.05, 0.1) is 17.6 Å². The van der Waals surface area contributed by atoms with Crippen molar-refractivity contribution in [2.75, 3.05) is 6.54 Å². The van der Waals surface area contributed by atoms with Crippen LogP contribution >= 0.6 is 11.3 Å². The number of hydrogen-bond donors (Lipinski definition) is 2. The fourth-order valence-corrected chi connectivity index (χ4v) is 4.03. The second kappa shape index (κ2) is 9.57. The Kier molecular flexibility index (Phi) is 6.43. The van der Waals surface area contributed by atoms with Crippen molar-refractivity contribution in [3.8, 4) is 0 Å². The molecule has 0 spiro atoms. The van der Waals surface area contributed by atoms with E-state index in [0.717, 1.165) is 27.3 Å². The molecule has 2 amide bonds. The van der Waals surface area contributed by atoms with E-state index in [1.165, 1.54) is 0 Å². The largest absolute Gasteiger partial charge is 0.352 e. The number of aromatic nitrogens is 2. The number of thiophene rings is 1. The lowest BCUT2D eigenvalue weighted by atomic mass is 10.1. The lowest BCUT2D eigenvalue weighted by molar-refractivity contribution is -0.121. The zero-order chi connectivity index (χ0) is 21.6. The van der Waals surface area contributed by atoms with E-state index in [1.807, 2.05) is 77.5 Å². The summed E-state index contributed by atoms with van der Waals surface area (Å²) >= 11 is 1.62. The highest BCUT2D eigenvalue weighted by atomic mass is 32.1. The van der Waals surface area contributed by atoms with Crippen molar-refractivity contribution in [3.63, 3.8) is 0 Å². The second-order valence-corrected chi connectivity index (χ2v) is 8.36. The van der Waals surface area contributed by atoms with Crippen molar-refractivity contribution in [2.45, 2.75) is 26.4 Å². The number of hydrogen-bond acceptors (Lipinski definition) is 4. The average molecular weight is 433 g/mol. The minimum absolute atomic E-state index is 0.0681. The van der Waals surface area contributed by atoms with Crippen LogP contribution in [-0.2, 0) is 24.3 Å². The third-order valence-electron chi connectivity index (χ3n) is 5.02. The summed E-state index contributed by atoms with van der Waals surface area (Å²) in [5.41, 5.74) is 3.50. The van der Waals surface area contributed by atoms with E-state index in [4.69, 9.17) is 4.98 Å². The summed E-state index contributed by atoms with van der Waals surface area (Å²) < 4.78 is 1.93. The number of para-hydroxylation sites is 2. The van der Waals surface area contributed by atoms with Crippen molar-refractivity contribution in [3.05, 3.63) is 87.9 Å². The number of carbonyl (C=O) groups excluding carboxylic acids is 2. The Balaban J connectivity index is 1.42. The highest BCUT2D eigenvalue weighted by molar-refractivity contribution is 7.09. The SMILES string of the molecule is Cc1ccc(C(=O)NCCc2nc3ccccc3n2CC(=O)NCc2cccs2)cc1. The van der Waals surface area contributed by atoms with Crippen LogP contribution in [0.2, 0.25) is 0 Å². The van der Waals surface area contributed by atoms with Gasteiger partial charge in [-0.3, -0.25) is 9.59 Å². The van der Waals surface area contributed by atoms with Gasteiger partial charge in [0, 0.05) is 23.4 Å². The molecule has 0 atom stereocenters. The highest BCUT2D eigenvalue weighted by Crippen LogP contribution is 2.16. The first-order chi connectivity index (χ1) is 15.1. The number of nitrogens with zero attached hydrogens (tertiary/aromatic N) is 2. The lowest BCUT2D eigenvalue weighted by Crippen LogP contribution is -2.29. The summed E-state index contributed by atoms with van der Waals surface area (Å²) in [4.78, 5) is 30.8. The number of carbonyl (C=O) groups is 2. The quantitative estimate of drug-likeness (QED) is 0.446. The first-order valence-corrected chi connectivity index (χ1v) is 11.1. The van der Waals surface area contributed by atoms with Crippen molar-refractivity contribution in [1.29, 1.82) is 0 Å². The molecule has 0 aliphatic rings. The maximum atomic E-state index is 12.6. The molecular weight excluding hydrogens is 408 g/mol. The molecule has 2 aromatic heterocycles. The molecule has 31 heavy (non-hydrogen) atoms. The molecule has 2 heterocycles. The zero-order valence-electron chi connectivity index (χ0n) is 17.3. The van der Waals surface area contributed by atoms with E-state index in [-0.39, 0.29) is 18.4 Å². The maximum Gasteiger partial charge on any atom is 0.251 e. The number of imidazole rings is 1. The van der Waals surface area contributed by atoms with Gasteiger partial charge in [0.15, 0.2) is 0 Å². The predicted octanol–water partition coefficient (Wildman–Crippen LogP) is 3.70. The zero-order valence-corrected chi connectivity index (χ0v) is 18.1. The van der Waals surface area contributed by atoms with E-state index >= 15 is 0 Å². The molecule has 4 rings (SSSR count). The van der Waals surface area contributed by atoms with Gasteiger partial charge in [-0.1, -0.05) is 35.9 Å². The van der Waals surface area contributed by atoms with E-state index < -0.39 is 0 Å². The fourth-order valence-electron chi connectivity index (χ4n) is 3.39. The van der Waals surface area contributed by atoms with Gasteiger partial charge in [-0.05, 0) is 42.6 Å². The van der Waals surface area contributed by atoms with Crippen molar-refractivity contribution < 1.29 is 9.59 Å². The summed E-state index contributed by atoms with van der Waals surface area (Å²) in [5, 5.41) is 7.91. The summed E-state index contributed by atoms with van der Waals surface area (Å²) in [7, 11) is 0. The van der Waals surface area contributed by atoms with Gasteiger partial charge >= 0.3 is 0 Å². The number of fused-ring (bicyclic) bond motifs is 1. The first kappa shape index (κ1) is 20.8. The third kappa shape index (κ3) is 5.19. The Labute approximate surface area is 184 Å². The molecule has 0 fully saturated rings. The summed E-state index contributed by atoms with van der Waals surface area (Å²) in [5.74, 6) is 0.592. The first-order valence-electron chi connectivity index (χ1n) is 10.2. The molecule has 0 saturated carbocycles. The van der Waals surface area contributed by atoms with Crippen LogP contribution in [0.15, 0.2) is 66.0 Å². The predicted molar refractivity (Wildman–Crippen MR) is 123 cm³/mol. The molecule has 7 heteroatoms. The van der Waals surface area contributed by atoms with Crippen molar-refractivity contribution >= 4 is 34.2 Å². The molecule has 0 aliphatic carbocycles. The number of amides is 2. The molecule has 0 unspecified atom stereocenters. The summed E-state index contributed by atoms with van der Waals surface area (Å²) in [6, 6.07) is 19.2. The van der Waals surface area contributed by atoms with Crippen LogP contribution in [0.3, 0.4) is 0 Å². The molecule has 0 aliphatic heterocycles. The van der Waals surface area contributed by atoms with Gasteiger partial charge in [0.1, 0.15) is 12.4 Å². The number of nitrogens with one attached hydrogen (secondary N) is 2. The molecule has 0 bridgehead atoms. The van der Waals surface area contributed by atoms with Crippen LogP contribution in [-0.4, -0.2) is 27.9 Å². The van der Waals surface area contributed by atoms with E-state index in [0.29, 0.717) is 25.1 Å². The van der Waals surface area contributed by atoms with Crippen LogP contribution in [0.4, 0.5) is 0 Å². The van der Waals surface area contributed by atoms with Crippen LogP contribution in [0, 0.1) is 6.92 Å². The molecule has 6 nitrogen and oxygen atoms in total. The number of rotatable bonds is 8. The highest BCUT2D eigenvalue weighted by Gasteiger charge is 2.14. The molecule has 2 N–H and O–H groups in total. The van der Waals surface area contributed by atoms with Crippen molar-refractivity contribution in [1.82, 2.24) is 20.2 Å². The Morgan fingerprint density at radius 3 is 2.58 bits per heavy atom. The van der Waals surface area contributed by atoms with Gasteiger partial charge in [-0.15, -0.1) is 11.3 Å². The summed E-state index contributed by atoms with van der Waals surface area (Å²) in [6.07, 6.45) is 0.532. The number of aryl methyl sites for hydroxylation is 1. The molecule has 158 valence electrons. The second-order valence-electron chi connectivity index (χ2n) is 7.33. The third-order valence-corrected chi connectivity index (χ3v) is 5.90. The van der Waals surface area contributed by atoms with Crippen LogP contribution in [0.5, 0.6) is 0 Å². The Morgan fingerprint density at radius 1 is 1.00 bits per heavy atom. The van der Waals surface area contributed by atoms with Gasteiger partial charge in [0.2, 0.25) is 5.91 Å².